The highest BCUT2D eigenvalue weighted by atomic mass is 32.2. The third-order valence-electron chi connectivity index (χ3n) is 5.67. The van der Waals surface area contributed by atoms with Gasteiger partial charge < -0.3 is 9.53 Å². The van der Waals surface area contributed by atoms with E-state index in [1.165, 1.54) is 51.6 Å². The van der Waals surface area contributed by atoms with E-state index in [4.69, 9.17) is 4.74 Å². The van der Waals surface area contributed by atoms with Crippen molar-refractivity contribution in [2.24, 2.45) is 5.92 Å². The summed E-state index contributed by atoms with van der Waals surface area (Å²) in [5.74, 6) is -1.56. The van der Waals surface area contributed by atoms with Crippen molar-refractivity contribution in [2.75, 3.05) is 34.8 Å². The van der Waals surface area contributed by atoms with E-state index < -0.39 is 31.9 Å². The van der Waals surface area contributed by atoms with Gasteiger partial charge in [0.15, 0.2) is 0 Å². The number of nitrogens with zero attached hydrogens (tertiary/aromatic N) is 2. The van der Waals surface area contributed by atoms with Crippen molar-refractivity contribution < 1.29 is 36.0 Å². The summed E-state index contributed by atoms with van der Waals surface area (Å²) in [4.78, 5) is 34.6. The fraction of sp³-hybridized carbons (Fsp3) is 0.444. The van der Waals surface area contributed by atoms with Crippen LogP contribution < -0.4 is 0 Å². The summed E-state index contributed by atoms with van der Waals surface area (Å²) in [6.45, 7) is 4.77. The maximum atomic E-state index is 12.0. The Labute approximate surface area is 232 Å². The molecule has 1 atom stereocenters. The quantitative estimate of drug-likeness (QED) is 0.275. The molecule has 216 valence electrons. The second kappa shape index (κ2) is 15.0. The Balaban J connectivity index is 0.000000403. The van der Waals surface area contributed by atoms with Gasteiger partial charge in [0.05, 0.1) is 16.4 Å². The Morgan fingerprint density at radius 1 is 0.744 bits per heavy atom. The van der Waals surface area contributed by atoms with Crippen molar-refractivity contribution in [3.8, 4) is 0 Å². The van der Waals surface area contributed by atoms with Gasteiger partial charge in [0.2, 0.25) is 20.0 Å². The van der Waals surface area contributed by atoms with Crippen LogP contribution in [0.5, 0.6) is 0 Å². The van der Waals surface area contributed by atoms with Crippen LogP contribution in [0.15, 0.2) is 58.3 Å². The van der Waals surface area contributed by atoms with Gasteiger partial charge in [-0.15, -0.1) is 0 Å². The maximum absolute atomic E-state index is 12.0. The van der Waals surface area contributed by atoms with Crippen LogP contribution in [0.2, 0.25) is 0 Å². The van der Waals surface area contributed by atoms with Crippen LogP contribution in [0.4, 0.5) is 0 Å². The number of carbonyl (C=O) groups excluding carboxylic acids is 3. The standard InChI is InChI=1S/C15H21NO5S.C12H17NO3S/c1-5-21-15(18)14(11(2)17)10-12-6-8-13(9-7-12)22(19,20)16(3)4;1-10(14)4-5-11-6-8-12(9-7-11)17(15,16)13(2)3/h6-9,14H,5,10H2,1-4H3;6-9H,4-5H2,1-3H3. The average molecular weight is 583 g/mol. The van der Waals surface area contributed by atoms with E-state index >= 15 is 0 Å². The van der Waals surface area contributed by atoms with Gasteiger partial charge in [0, 0.05) is 34.6 Å². The van der Waals surface area contributed by atoms with Gasteiger partial charge in [-0.3, -0.25) is 9.59 Å². The molecule has 0 aliphatic heterocycles. The zero-order valence-corrected chi connectivity index (χ0v) is 25.1. The van der Waals surface area contributed by atoms with Crippen molar-refractivity contribution in [1.82, 2.24) is 8.61 Å². The van der Waals surface area contributed by atoms with Crippen molar-refractivity contribution in [3.63, 3.8) is 0 Å². The number of ketones is 2. The van der Waals surface area contributed by atoms with Crippen LogP contribution in [0.25, 0.3) is 0 Å². The van der Waals surface area contributed by atoms with Gasteiger partial charge in [-0.1, -0.05) is 24.3 Å². The highest BCUT2D eigenvalue weighted by Crippen LogP contribution is 2.18. The summed E-state index contributed by atoms with van der Waals surface area (Å²) in [6.07, 6.45) is 1.33. The van der Waals surface area contributed by atoms with Gasteiger partial charge in [-0.2, -0.15) is 0 Å². The lowest BCUT2D eigenvalue weighted by atomic mass is 9.96. The van der Waals surface area contributed by atoms with Crippen LogP contribution in [-0.4, -0.2) is 77.8 Å². The third-order valence-corrected chi connectivity index (χ3v) is 9.33. The largest absolute Gasteiger partial charge is 0.465 e. The minimum Gasteiger partial charge on any atom is -0.465 e. The van der Waals surface area contributed by atoms with Crippen molar-refractivity contribution >= 4 is 37.6 Å². The van der Waals surface area contributed by atoms with E-state index in [-0.39, 0.29) is 34.4 Å². The number of Topliss-reactive ketones (excluding diaryl/α,β-unsaturated/α-hetero) is 2. The predicted octanol–water partition coefficient (Wildman–Crippen LogP) is 2.71. The van der Waals surface area contributed by atoms with Gasteiger partial charge in [-0.25, -0.2) is 25.4 Å². The number of hydrogen-bond acceptors (Lipinski definition) is 8. The predicted molar refractivity (Wildman–Crippen MR) is 148 cm³/mol. The second-order valence-electron chi connectivity index (χ2n) is 9.18. The summed E-state index contributed by atoms with van der Waals surface area (Å²) in [6, 6.07) is 12.8. The second-order valence-corrected chi connectivity index (χ2v) is 13.5. The number of benzene rings is 2. The van der Waals surface area contributed by atoms with Crippen molar-refractivity contribution in [2.45, 2.75) is 49.8 Å². The average Bonchev–Trinajstić information content (AvgIpc) is 2.86. The molecule has 0 saturated carbocycles. The minimum atomic E-state index is -3.49. The molecule has 0 aliphatic rings. The summed E-state index contributed by atoms with van der Waals surface area (Å²) in [5, 5.41) is 0. The number of hydrogen-bond donors (Lipinski definition) is 0. The summed E-state index contributed by atoms with van der Waals surface area (Å²) >= 11 is 0. The van der Waals surface area contributed by atoms with E-state index in [9.17, 15) is 31.2 Å². The summed E-state index contributed by atoms with van der Waals surface area (Å²) in [7, 11) is -0.941. The van der Waals surface area contributed by atoms with Crippen molar-refractivity contribution in [1.29, 1.82) is 0 Å². The van der Waals surface area contributed by atoms with Crippen LogP contribution in [0.1, 0.15) is 38.3 Å². The van der Waals surface area contributed by atoms with Gasteiger partial charge in [-0.05, 0) is 69.0 Å². The lowest BCUT2D eigenvalue weighted by Gasteiger charge is -2.14. The van der Waals surface area contributed by atoms with Crippen LogP contribution in [0.3, 0.4) is 0 Å². The molecule has 0 N–H and O–H groups in total. The highest BCUT2D eigenvalue weighted by molar-refractivity contribution is 7.89. The fourth-order valence-electron chi connectivity index (χ4n) is 3.24. The molecule has 12 heteroatoms. The molecule has 0 radical (unpaired) electrons. The first kappa shape index (κ1) is 34.1. The first-order chi connectivity index (χ1) is 18.0. The molecule has 0 amide bonds. The number of sulfonamides is 2. The SMILES string of the molecule is CC(=O)CCc1ccc(S(=O)(=O)N(C)C)cc1.CCOC(=O)C(Cc1ccc(S(=O)(=O)N(C)C)cc1)C(C)=O. The summed E-state index contributed by atoms with van der Waals surface area (Å²) in [5.41, 5.74) is 1.67. The highest BCUT2D eigenvalue weighted by Gasteiger charge is 2.25. The molecule has 10 nitrogen and oxygen atoms in total. The minimum absolute atomic E-state index is 0.134. The normalized spacial score (nSPS) is 12.4. The van der Waals surface area contributed by atoms with E-state index in [0.29, 0.717) is 18.4 Å². The fourth-order valence-corrected chi connectivity index (χ4v) is 5.04. The Hall–Kier alpha value is -2.93. The molecule has 2 rings (SSSR count). The van der Waals surface area contributed by atoms with E-state index in [2.05, 4.69) is 0 Å². The smallest absolute Gasteiger partial charge is 0.316 e. The molecule has 0 fully saturated rings. The molecular weight excluding hydrogens is 544 g/mol. The Kier molecular flexibility index (Phi) is 13.1. The molecule has 0 aromatic heterocycles. The monoisotopic (exact) mass is 582 g/mol. The number of esters is 1. The molecule has 1 unspecified atom stereocenters. The molecule has 2 aromatic carbocycles. The van der Waals surface area contributed by atoms with E-state index in [0.717, 1.165) is 9.87 Å². The van der Waals surface area contributed by atoms with Crippen LogP contribution in [0, 0.1) is 5.92 Å². The Bertz CT molecular complexity index is 1330. The van der Waals surface area contributed by atoms with Crippen molar-refractivity contribution in [3.05, 3.63) is 59.7 Å². The number of carbonyl (C=O) groups is 3. The maximum Gasteiger partial charge on any atom is 0.316 e. The number of aryl methyl sites for hydroxylation is 1. The first-order valence-electron chi connectivity index (χ1n) is 12.2. The number of rotatable bonds is 12. The molecular formula is C27H38N2O8S2. The molecule has 0 heterocycles. The molecule has 2 aromatic rings. The third kappa shape index (κ3) is 10.3. The number of ether oxygens (including phenoxy) is 1. The molecule has 39 heavy (non-hydrogen) atoms. The lowest BCUT2D eigenvalue weighted by Crippen LogP contribution is -2.26. The lowest BCUT2D eigenvalue weighted by molar-refractivity contribution is -0.151. The Morgan fingerprint density at radius 2 is 1.15 bits per heavy atom. The zero-order chi connectivity index (χ0) is 30.0. The molecule has 0 bridgehead atoms. The first-order valence-corrected chi connectivity index (χ1v) is 15.1. The molecule has 0 aliphatic carbocycles. The molecule has 0 saturated heterocycles. The van der Waals surface area contributed by atoms with Gasteiger partial charge >= 0.3 is 5.97 Å². The van der Waals surface area contributed by atoms with E-state index in [1.54, 1.807) is 50.2 Å². The summed E-state index contributed by atoms with van der Waals surface area (Å²) < 4.78 is 54.7. The van der Waals surface area contributed by atoms with Crippen LogP contribution in [-0.2, 0) is 52.0 Å². The van der Waals surface area contributed by atoms with E-state index in [1.807, 2.05) is 0 Å². The topological polar surface area (TPSA) is 135 Å². The molecule has 0 spiro atoms. The van der Waals surface area contributed by atoms with Gasteiger partial charge in [0.25, 0.3) is 0 Å². The van der Waals surface area contributed by atoms with Gasteiger partial charge in [0.1, 0.15) is 17.5 Å². The Morgan fingerprint density at radius 3 is 1.49 bits per heavy atom. The zero-order valence-electron chi connectivity index (χ0n) is 23.5. The van der Waals surface area contributed by atoms with Crippen LogP contribution >= 0.6 is 0 Å².